The first kappa shape index (κ1) is 14.4. The zero-order chi connectivity index (χ0) is 13.7. The molecule has 0 radical (unpaired) electrons. The summed E-state index contributed by atoms with van der Waals surface area (Å²) in [5.41, 5.74) is 0.936. The lowest BCUT2D eigenvalue weighted by molar-refractivity contribution is -0.0471. The summed E-state index contributed by atoms with van der Waals surface area (Å²) in [6.07, 6.45) is 3.65. The molecule has 108 valence electrons. The van der Waals surface area contributed by atoms with Crippen LogP contribution in [0, 0.1) is 0 Å². The Hall–Kier alpha value is -0.980. The molecule has 0 saturated carbocycles. The highest BCUT2D eigenvalue weighted by Crippen LogP contribution is 2.10. The Kier molecular flexibility index (Phi) is 5.30. The van der Waals surface area contributed by atoms with Crippen molar-refractivity contribution in [1.82, 2.24) is 19.9 Å². The Morgan fingerprint density at radius 1 is 1.53 bits per heavy atom. The minimum atomic E-state index is 0.184. The standard InChI is InChI=1S/C13H24N4O2/c1-11(2)16-5-7-19-13(9-16)10-17-8-12(14-15-17)4-3-6-18/h8,11,13,18H,3-7,9-10H2,1-2H3. The van der Waals surface area contributed by atoms with E-state index < -0.39 is 0 Å². The highest BCUT2D eigenvalue weighted by Gasteiger charge is 2.22. The summed E-state index contributed by atoms with van der Waals surface area (Å²) in [7, 11) is 0. The Morgan fingerprint density at radius 2 is 2.37 bits per heavy atom. The van der Waals surface area contributed by atoms with Gasteiger partial charge in [0.25, 0.3) is 0 Å². The molecule has 1 fully saturated rings. The lowest BCUT2D eigenvalue weighted by atomic mass is 10.2. The Labute approximate surface area is 114 Å². The van der Waals surface area contributed by atoms with Gasteiger partial charge < -0.3 is 9.84 Å². The summed E-state index contributed by atoms with van der Waals surface area (Å²) in [5, 5.41) is 17.0. The number of hydrogen-bond donors (Lipinski definition) is 1. The molecule has 1 aliphatic rings. The van der Waals surface area contributed by atoms with Gasteiger partial charge in [0, 0.05) is 31.9 Å². The van der Waals surface area contributed by atoms with Crippen molar-refractivity contribution in [2.45, 2.75) is 45.4 Å². The molecule has 0 amide bonds. The molecular weight excluding hydrogens is 244 g/mol. The van der Waals surface area contributed by atoms with E-state index in [0.29, 0.717) is 6.04 Å². The fraction of sp³-hybridized carbons (Fsp3) is 0.846. The Morgan fingerprint density at radius 3 is 3.11 bits per heavy atom. The molecule has 0 aliphatic carbocycles. The van der Waals surface area contributed by atoms with Crippen LogP contribution in [0.1, 0.15) is 26.0 Å². The molecule has 1 atom stereocenters. The van der Waals surface area contributed by atoms with Crippen molar-refractivity contribution in [1.29, 1.82) is 0 Å². The molecule has 1 aromatic rings. The second-order valence-corrected chi connectivity index (χ2v) is 5.34. The summed E-state index contributed by atoms with van der Waals surface area (Å²) in [5.74, 6) is 0. The predicted molar refractivity (Wildman–Crippen MR) is 71.9 cm³/mol. The highest BCUT2D eigenvalue weighted by molar-refractivity contribution is 4.92. The number of morpholine rings is 1. The summed E-state index contributed by atoms with van der Waals surface area (Å²) < 4.78 is 7.63. The SMILES string of the molecule is CC(C)N1CCOC(Cn2cc(CCCO)nn2)C1. The third kappa shape index (κ3) is 4.26. The summed E-state index contributed by atoms with van der Waals surface area (Å²) >= 11 is 0. The summed E-state index contributed by atoms with van der Waals surface area (Å²) in [6.45, 7) is 8.11. The summed E-state index contributed by atoms with van der Waals surface area (Å²) in [6, 6.07) is 0.558. The van der Waals surface area contributed by atoms with Gasteiger partial charge in [-0.3, -0.25) is 4.90 Å². The molecule has 19 heavy (non-hydrogen) atoms. The molecule has 1 N–H and O–H groups in total. The van der Waals surface area contributed by atoms with E-state index in [1.165, 1.54) is 0 Å². The number of nitrogens with zero attached hydrogens (tertiary/aromatic N) is 4. The minimum Gasteiger partial charge on any atom is -0.396 e. The summed E-state index contributed by atoms with van der Waals surface area (Å²) in [4.78, 5) is 2.43. The smallest absolute Gasteiger partial charge is 0.0898 e. The average molecular weight is 268 g/mol. The van der Waals surface area contributed by atoms with Crippen molar-refractivity contribution in [3.05, 3.63) is 11.9 Å². The van der Waals surface area contributed by atoms with Gasteiger partial charge in [-0.1, -0.05) is 5.21 Å². The quantitative estimate of drug-likeness (QED) is 0.804. The van der Waals surface area contributed by atoms with Gasteiger partial charge in [-0.05, 0) is 26.7 Å². The number of rotatable bonds is 6. The second kappa shape index (κ2) is 6.98. The van der Waals surface area contributed by atoms with Crippen LogP contribution in [0.3, 0.4) is 0 Å². The van der Waals surface area contributed by atoms with Crippen LogP contribution in [0.2, 0.25) is 0 Å². The van der Waals surface area contributed by atoms with E-state index in [1.807, 2.05) is 10.9 Å². The average Bonchev–Trinajstić information content (AvgIpc) is 2.84. The maximum atomic E-state index is 8.80. The molecule has 0 spiro atoms. The third-order valence-corrected chi connectivity index (χ3v) is 3.47. The van der Waals surface area contributed by atoms with Crippen LogP contribution < -0.4 is 0 Å². The molecule has 0 bridgehead atoms. The van der Waals surface area contributed by atoms with Crippen LogP contribution in [0.15, 0.2) is 6.20 Å². The molecular formula is C13H24N4O2. The van der Waals surface area contributed by atoms with Crippen molar-refractivity contribution in [2.75, 3.05) is 26.3 Å². The maximum Gasteiger partial charge on any atom is 0.0898 e. The fourth-order valence-corrected chi connectivity index (χ4v) is 2.33. The molecule has 1 saturated heterocycles. The van der Waals surface area contributed by atoms with Crippen LogP contribution in [-0.2, 0) is 17.7 Å². The molecule has 1 aliphatic heterocycles. The van der Waals surface area contributed by atoms with E-state index in [4.69, 9.17) is 9.84 Å². The molecule has 2 rings (SSSR count). The zero-order valence-corrected chi connectivity index (χ0v) is 11.8. The minimum absolute atomic E-state index is 0.184. The van der Waals surface area contributed by atoms with E-state index >= 15 is 0 Å². The van der Waals surface area contributed by atoms with Gasteiger partial charge in [-0.25, -0.2) is 4.68 Å². The Bertz CT molecular complexity index is 380. The largest absolute Gasteiger partial charge is 0.396 e. The fourth-order valence-electron chi connectivity index (χ4n) is 2.33. The lowest BCUT2D eigenvalue weighted by Gasteiger charge is -2.35. The molecule has 1 aromatic heterocycles. The zero-order valence-electron chi connectivity index (χ0n) is 11.8. The highest BCUT2D eigenvalue weighted by atomic mass is 16.5. The predicted octanol–water partition coefficient (Wildman–Crippen LogP) is 0.312. The molecule has 1 unspecified atom stereocenters. The van der Waals surface area contributed by atoms with Crippen molar-refractivity contribution in [3.8, 4) is 0 Å². The third-order valence-electron chi connectivity index (χ3n) is 3.47. The first-order valence-corrected chi connectivity index (χ1v) is 7.04. The first-order valence-electron chi connectivity index (χ1n) is 7.04. The van der Waals surface area contributed by atoms with E-state index in [0.717, 1.165) is 44.8 Å². The maximum absolute atomic E-state index is 8.80. The van der Waals surface area contributed by atoms with Crippen molar-refractivity contribution in [2.24, 2.45) is 0 Å². The number of hydrogen-bond acceptors (Lipinski definition) is 5. The lowest BCUT2D eigenvalue weighted by Crippen LogP contribution is -2.47. The monoisotopic (exact) mass is 268 g/mol. The first-order chi connectivity index (χ1) is 9.19. The van der Waals surface area contributed by atoms with Gasteiger partial charge >= 0.3 is 0 Å². The van der Waals surface area contributed by atoms with Gasteiger partial charge in [0.05, 0.1) is 24.9 Å². The van der Waals surface area contributed by atoms with Crippen LogP contribution in [0.5, 0.6) is 0 Å². The topological polar surface area (TPSA) is 63.4 Å². The van der Waals surface area contributed by atoms with Crippen LogP contribution in [-0.4, -0.2) is 63.4 Å². The second-order valence-electron chi connectivity index (χ2n) is 5.34. The molecule has 2 heterocycles. The van der Waals surface area contributed by atoms with Crippen LogP contribution in [0.25, 0.3) is 0 Å². The Balaban J connectivity index is 1.84. The number of aliphatic hydroxyl groups excluding tert-OH is 1. The van der Waals surface area contributed by atoms with Crippen molar-refractivity contribution < 1.29 is 9.84 Å². The van der Waals surface area contributed by atoms with Gasteiger partial charge in [0.15, 0.2) is 0 Å². The van der Waals surface area contributed by atoms with Crippen LogP contribution in [0.4, 0.5) is 0 Å². The van der Waals surface area contributed by atoms with Crippen molar-refractivity contribution >= 4 is 0 Å². The molecule has 6 heteroatoms. The van der Waals surface area contributed by atoms with Crippen LogP contribution >= 0.6 is 0 Å². The van der Waals surface area contributed by atoms with Gasteiger partial charge in [-0.2, -0.15) is 0 Å². The van der Waals surface area contributed by atoms with E-state index in [2.05, 4.69) is 29.1 Å². The number of aryl methyl sites for hydroxylation is 1. The normalized spacial score (nSPS) is 21.2. The number of aromatic nitrogens is 3. The van der Waals surface area contributed by atoms with Crippen molar-refractivity contribution in [3.63, 3.8) is 0 Å². The van der Waals surface area contributed by atoms with E-state index in [9.17, 15) is 0 Å². The number of ether oxygens (including phenoxy) is 1. The molecule has 0 aromatic carbocycles. The van der Waals surface area contributed by atoms with Gasteiger partial charge in [-0.15, -0.1) is 5.10 Å². The van der Waals surface area contributed by atoms with Gasteiger partial charge in [0.1, 0.15) is 0 Å². The number of aliphatic hydroxyl groups is 1. The van der Waals surface area contributed by atoms with E-state index in [1.54, 1.807) is 0 Å². The molecule has 6 nitrogen and oxygen atoms in total. The van der Waals surface area contributed by atoms with E-state index in [-0.39, 0.29) is 12.7 Å². The van der Waals surface area contributed by atoms with Gasteiger partial charge in [0.2, 0.25) is 0 Å².